The van der Waals surface area contributed by atoms with Crippen molar-refractivity contribution in [1.29, 1.82) is 0 Å². The number of fused-ring (bicyclic) bond motifs is 1. The van der Waals surface area contributed by atoms with Crippen LogP contribution in [0.4, 0.5) is 10.2 Å². The largest absolute Gasteiger partial charge is 0.497 e. The van der Waals surface area contributed by atoms with Crippen molar-refractivity contribution in [2.24, 2.45) is 0 Å². The van der Waals surface area contributed by atoms with Crippen molar-refractivity contribution in [2.45, 2.75) is 25.2 Å². The molecule has 2 aromatic heterocycles. The molecule has 7 nitrogen and oxygen atoms in total. The fraction of sp³-hybridized carbons (Fsp3) is 0.208. The van der Waals surface area contributed by atoms with Gasteiger partial charge in [0.15, 0.2) is 11.2 Å². The molecule has 2 heterocycles. The molecule has 2 aromatic carbocycles. The van der Waals surface area contributed by atoms with Crippen LogP contribution in [0.3, 0.4) is 0 Å². The molecular formula is C24H20FN3O4. The lowest BCUT2D eigenvalue weighted by molar-refractivity contribution is -0.115. The molecule has 162 valence electrons. The van der Waals surface area contributed by atoms with Gasteiger partial charge in [-0.2, -0.15) is 5.10 Å². The molecule has 0 unspecified atom stereocenters. The van der Waals surface area contributed by atoms with Crippen molar-refractivity contribution in [3.8, 4) is 17.1 Å². The van der Waals surface area contributed by atoms with Gasteiger partial charge in [-0.25, -0.2) is 4.39 Å². The lowest BCUT2D eigenvalue weighted by atomic mass is 10.1. The molecule has 0 bridgehead atoms. The number of H-pyrrole nitrogens is 1. The molecule has 0 radical (unpaired) electrons. The minimum Gasteiger partial charge on any atom is -0.497 e. The maximum Gasteiger partial charge on any atom is 0.230 e. The Balaban J connectivity index is 1.39. The standard InChI is InChI=1S/C24H20FN3O4/c1-31-16-7-4-14(5-8-16)20-12-18(29)23-19(32-20)9-6-15(24(23)25)10-22(30)26-21-11-17(27-28-21)13-2-3-13/h4-9,11-13H,2-3,10H2,1H3,(H2,26,27,28,30). The van der Waals surface area contributed by atoms with E-state index in [1.54, 1.807) is 37.4 Å². The highest BCUT2D eigenvalue weighted by Crippen LogP contribution is 2.39. The van der Waals surface area contributed by atoms with Crippen LogP contribution in [0.2, 0.25) is 0 Å². The first-order chi connectivity index (χ1) is 15.5. The molecule has 0 aliphatic heterocycles. The molecule has 1 amide bonds. The SMILES string of the molecule is COc1ccc(-c2cc(=O)c3c(F)c(CC(=O)Nc4cc(C5CC5)[nH]n4)ccc3o2)cc1. The number of nitrogens with one attached hydrogen (secondary N) is 2. The number of halogens is 1. The Bertz CT molecular complexity index is 1370. The number of anilines is 1. The maximum atomic E-state index is 15.1. The highest BCUT2D eigenvalue weighted by molar-refractivity contribution is 5.92. The first-order valence-corrected chi connectivity index (χ1v) is 10.3. The van der Waals surface area contributed by atoms with Gasteiger partial charge in [0.2, 0.25) is 5.91 Å². The van der Waals surface area contributed by atoms with Crippen molar-refractivity contribution in [3.05, 3.63) is 75.8 Å². The highest BCUT2D eigenvalue weighted by Gasteiger charge is 2.26. The molecule has 8 heteroatoms. The van der Waals surface area contributed by atoms with E-state index in [0.29, 0.717) is 28.8 Å². The zero-order chi connectivity index (χ0) is 22.2. The minimum absolute atomic E-state index is 0.109. The van der Waals surface area contributed by atoms with Gasteiger partial charge in [0.05, 0.1) is 13.5 Å². The summed E-state index contributed by atoms with van der Waals surface area (Å²) < 4.78 is 26.0. The number of carbonyl (C=O) groups is 1. The van der Waals surface area contributed by atoms with E-state index in [1.165, 1.54) is 18.2 Å². The molecule has 0 atom stereocenters. The molecule has 0 saturated heterocycles. The number of ether oxygens (including phenoxy) is 1. The van der Waals surface area contributed by atoms with Gasteiger partial charge in [-0.15, -0.1) is 0 Å². The summed E-state index contributed by atoms with van der Waals surface area (Å²) in [5, 5.41) is 9.46. The minimum atomic E-state index is -0.756. The highest BCUT2D eigenvalue weighted by atomic mass is 19.1. The number of aromatic nitrogens is 2. The van der Waals surface area contributed by atoms with Crippen LogP contribution < -0.4 is 15.5 Å². The summed E-state index contributed by atoms with van der Waals surface area (Å²) in [6.45, 7) is 0. The number of nitrogens with zero attached hydrogens (tertiary/aromatic N) is 1. The Hall–Kier alpha value is -3.94. The Morgan fingerprint density at radius 3 is 2.72 bits per heavy atom. The van der Waals surface area contributed by atoms with E-state index in [2.05, 4.69) is 15.5 Å². The fourth-order valence-electron chi connectivity index (χ4n) is 3.65. The summed E-state index contributed by atoms with van der Waals surface area (Å²) in [6.07, 6.45) is 1.99. The van der Waals surface area contributed by atoms with Crippen LogP contribution in [0.15, 0.2) is 57.7 Å². The van der Waals surface area contributed by atoms with Gasteiger partial charge < -0.3 is 14.5 Å². The van der Waals surface area contributed by atoms with E-state index < -0.39 is 17.2 Å². The summed E-state index contributed by atoms with van der Waals surface area (Å²) in [6, 6.07) is 13.0. The summed E-state index contributed by atoms with van der Waals surface area (Å²) in [4.78, 5) is 25.1. The number of benzene rings is 2. The van der Waals surface area contributed by atoms with E-state index >= 15 is 4.39 Å². The number of aromatic amines is 1. The second-order valence-corrected chi connectivity index (χ2v) is 7.82. The molecule has 1 fully saturated rings. The molecule has 1 aliphatic rings. The fourth-order valence-corrected chi connectivity index (χ4v) is 3.65. The van der Waals surface area contributed by atoms with Gasteiger partial charge in [-0.05, 0) is 48.7 Å². The van der Waals surface area contributed by atoms with Crippen molar-refractivity contribution in [1.82, 2.24) is 10.2 Å². The molecule has 1 saturated carbocycles. The van der Waals surface area contributed by atoms with Gasteiger partial charge >= 0.3 is 0 Å². The number of amides is 1. The van der Waals surface area contributed by atoms with Gasteiger partial charge in [-0.3, -0.25) is 14.7 Å². The molecular weight excluding hydrogens is 413 g/mol. The van der Waals surface area contributed by atoms with Gasteiger partial charge in [-0.1, -0.05) is 6.07 Å². The zero-order valence-electron chi connectivity index (χ0n) is 17.3. The molecule has 5 rings (SSSR count). The van der Waals surface area contributed by atoms with Crippen LogP contribution >= 0.6 is 0 Å². The quantitative estimate of drug-likeness (QED) is 0.470. The second kappa shape index (κ2) is 7.96. The number of carbonyl (C=O) groups excluding carboxylic acids is 1. The molecule has 4 aromatic rings. The van der Waals surface area contributed by atoms with Crippen LogP contribution in [0, 0.1) is 5.82 Å². The lowest BCUT2D eigenvalue weighted by Crippen LogP contribution is -2.16. The molecule has 1 aliphatic carbocycles. The van der Waals surface area contributed by atoms with Crippen LogP contribution in [-0.4, -0.2) is 23.2 Å². The Labute approximate surface area is 182 Å². The van der Waals surface area contributed by atoms with Crippen LogP contribution in [-0.2, 0) is 11.2 Å². The Kier molecular flexibility index (Phi) is 4.97. The predicted octanol–water partition coefficient (Wildman–Crippen LogP) is 4.39. The zero-order valence-corrected chi connectivity index (χ0v) is 17.3. The topological polar surface area (TPSA) is 97.2 Å². The molecule has 0 spiro atoms. The third-order valence-corrected chi connectivity index (χ3v) is 5.52. The monoisotopic (exact) mass is 433 g/mol. The van der Waals surface area contributed by atoms with Crippen LogP contribution in [0.1, 0.15) is 30.0 Å². The van der Waals surface area contributed by atoms with Crippen molar-refractivity contribution in [3.63, 3.8) is 0 Å². The first-order valence-electron chi connectivity index (χ1n) is 10.3. The normalized spacial score (nSPS) is 13.3. The third-order valence-electron chi connectivity index (χ3n) is 5.52. The molecule has 2 N–H and O–H groups in total. The summed E-state index contributed by atoms with van der Waals surface area (Å²) in [7, 11) is 1.56. The first kappa shape index (κ1) is 20.0. The number of hydrogen-bond acceptors (Lipinski definition) is 5. The maximum absolute atomic E-state index is 15.1. The van der Waals surface area contributed by atoms with Crippen molar-refractivity contribution in [2.75, 3.05) is 12.4 Å². The van der Waals surface area contributed by atoms with E-state index in [4.69, 9.17) is 9.15 Å². The smallest absolute Gasteiger partial charge is 0.230 e. The summed E-state index contributed by atoms with van der Waals surface area (Å²) in [5.41, 5.74) is 1.36. The van der Waals surface area contributed by atoms with Crippen LogP contribution in [0.25, 0.3) is 22.3 Å². The number of hydrogen-bond donors (Lipinski definition) is 2. The van der Waals surface area contributed by atoms with E-state index in [9.17, 15) is 9.59 Å². The van der Waals surface area contributed by atoms with Gasteiger partial charge in [0, 0.05) is 29.3 Å². The average Bonchev–Trinajstić information content (AvgIpc) is 3.54. The van der Waals surface area contributed by atoms with Crippen molar-refractivity contribution < 1.29 is 18.3 Å². The molecule has 32 heavy (non-hydrogen) atoms. The predicted molar refractivity (Wildman–Crippen MR) is 117 cm³/mol. The van der Waals surface area contributed by atoms with E-state index in [-0.39, 0.29) is 23.0 Å². The average molecular weight is 433 g/mol. The van der Waals surface area contributed by atoms with Crippen LogP contribution in [0.5, 0.6) is 5.75 Å². The Morgan fingerprint density at radius 1 is 1.22 bits per heavy atom. The van der Waals surface area contributed by atoms with E-state index in [0.717, 1.165) is 18.5 Å². The lowest BCUT2D eigenvalue weighted by Gasteiger charge is -2.08. The number of methoxy groups -OCH3 is 1. The Morgan fingerprint density at radius 2 is 2.00 bits per heavy atom. The second-order valence-electron chi connectivity index (χ2n) is 7.82. The van der Waals surface area contributed by atoms with Crippen molar-refractivity contribution >= 4 is 22.7 Å². The van der Waals surface area contributed by atoms with E-state index in [1.807, 2.05) is 0 Å². The summed E-state index contributed by atoms with van der Waals surface area (Å²) >= 11 is 0. The van der Waals surface area contributed by atoms with Gasteiger partial charge in [0.25, 0.3) is 0 Å². The third kappa shape index (κ3) is 3.87. The summed E-state index contributed by atoms with van der Waals surface area (Å²) in [5.74, 6) is 0.698. The number of rotatable bonds is 6. The van der Waals surface area contributed by atoms with Gasteiger partial charge in [0.1, 0.15) is 28.3 Å².